The minimum Gasteiger partial charge on any atom is -0.480 e. The highest BCUT2D eigenvalue weighted by Gasteiger charge is 2.24. The molecule has 0 unspecified atom stereocenters. The number of carbonyl (C=O) groups excluding carboxylic acids is 2. The van der Waals surface area contributed by atoms with Crippen molar-refractivity contribution in [2.24, 2.45) is 0 Å². The predicted molar refractivity (Wildman–Crippen MR) is 106 cm³/mol. The second kappa shape index (κ2) is 8.25. The fraction of sp³-hybridized carbons (Fsp3) is 0.364. The number of benzene rings is 2. The zero-order valence-electron chi connectivity index (χ0n) is 16.1. The number of hydrogen-bond donors (Lipinski definition) is 1. The molecular formula is C22H26N2O3. The molecule has 0 bridgehead atoms. The van der Waals surface area contributed by atoms with Crippen LogP contribution in [-0.4, -0.2) is 35.9 Å². The van der Waals surface area contributed by atoms with E-state index in [1.807, 2.05) is 49.1 Å². The number of aryl methyl sites for hydroxylation is 2. The molecule has 27 heavy (non-hydrogen) atoms. The minimum absolute atomic E-state index is 0.0354. The Morgan fingerprint density at radius 2 is 1.63 bits per heavy atom. The van der Waals surface area contributed by atoms with E-state index in [2.05, 4.69) is 5.32 Å². The second-order valence-corrected chi connectivity index (χ2v) is 7.02. The molecule has 0 saturated carbocycles. The van der Waals surface area contributed by atoms with Gasteiger partial charge >= 0.3 is 0 Å². The van der Waals surface area contributed by atoms with Gasteiger partial charge in [-0.25, -0.2) is 0 Å². The molecule has 1 aliphatic heterocycles. The van der Waals surface area contributed by atoms with Crippen LogP contribution in [0.15, 0.2) is 42.5 Å². The lowest BCUT2D eigenvalue weighted by Gasteiger charge is -2.20. The zero-order chi connectivity index (χ0) is 19.4. The van der Waals surface area contributed by atoms with Crippen LogP contribution in [0.3, 0.4) is 0 Å². The molecule has 0 radical (unpaired) electrons. The lowest BCUT2D eigenvalue weighted by molar-refractivity contribution is -0.122. The Kier molecular flexibility index (Phi) is 5.79. The number of ether oxygens (including phenoxy) is 1. The summed E-state index contributed by atoms with van der Waals surface area (Å²) in [5.74, 6) is 0.410. The first-order valence-electron chi connectivity index (χ1n) is 9.39. The van der Waals surface area contributed by atoms with Gasteiger partial charge in [-0.15, -0.1) is 0 Å². The Balaban J connectivity index is 1.73. The topological polar surface area (TPSA) is 58.6 Å². The number of amides is 2. The quantitative estimate of drug-likeness (QED) is 0.872. The number of para-hydroxylation sites is 2. The van der Waals surface area contributed by atoms with Crippen molar-refractivity contribution in [2.75, 3.05) is 18.4 Å². The Hall–Kier alpha value is -2.82. The van der Waals surface area contributed by atoms with Crippen molar-refractivity contribution in [1.29, 1.82) is 0 Å². The number of anilines is 1. The summed E-state index contributed by atoms with van der Waals surface area (Å²) >= 11 is 0. The normalized spacial score (nSPS) is 14.7. The molecule has 1 saturated heterocycles. The molecule has 0 aromatic heterocycles. The monoisotopic (exact) mass is 366 g/mol. The van der Waals surface area contributed by atoms with Gasteiger partial charge in [0.1, 0.15) is 5.75 Å². The SMILES string of the molecule is Cc1cccc(C)c1O[C@@H](C)C(=O)Nc1ccccc1C(=O)N1CCCC1. The fourth-order valence-electron chi connectivity index (χ4n) is 3.32. The van der Waals surface area contributed by atoms with Gasteiger partial charge in [0.25, 0.3) is 11.8 Å². The summed E-state index contributed by atoms with van der Waals surface area (Å²) in [5, 5.41) is 2.86. The molecule has 2 aromatic rings. The molecule has 1 atom stereocenters. The molecule has 2 amide bonds. The van der Waals surface area contributed by atoms with Crippen LogP contribution in [0, 0.1) is 13.8 Å². The number of likely N-dealkylation sites (tertiary alicyclic amines) is 1. The van der Waals surface area contributed by atoms with Gasteiger partial charge in [-0.1, -0.05) is 30.3 Å². The smallest absolute Gasteiger partial charge is 0.265 e. The largest absolute Gasteiger partial charge is 0.480 e. The second-order valence-electron chi connectivity index (χ2n) is 7.02. The lowest BCUT2D eigenvalue weighted by atomic mass is 10.1. The summed E-state index contributed by atoms with van der Waals surface area (Å²) in [4.78, 5) is 27.3. The third-order valence-electron chi connectivity index (χ3n) is 4.88. The van der Waals surface area contributed by atoms with E-state index in [9.17, 15) is 9.59 Å². The summed E-state index contributed by atoms with van der Waals surface area (Å²) in [5.41, 5.74) is 3.02. The number of hydrogen-bond acceptors (Lipinski definition) is 3. The third-order valence-corrected chi connectivity index (χ3v) is 4.88. The number of carbonyl (C=O) groups is 2. The highest BCUT2D eigenvalue weighted by Crippen LogP contribution is 2.25. The van der Waals surface area contributed by atoms with E-state index in [0.29, 0.717) is 11.3 Å². The first-order valence-corrected chi connectivity index (χ1v) is 9.39. The predicted octanol–water partition coefficient (Wildman–Crippen LogP) is 3.95. The molecule has 5 heteroatoms. The number of nitrogens with zero attached hydrogens (tertiary/aromatic N) is 1. The van der Waals surface area contributed by atoms with E-state index in [-0.39, 0.29) is 11.8 Å². The van der Waals surface area contributed by atoms with E-state index in [0.717, 1.165) is 42.8 Å². The van der Waals surface area contributed by atoms with E-state index < -0.39 is 6.10 Å². The highest BCUT2D eigenvalue weighted by atomic mass is 16.5. The van der Waals surface area contributed by atoms with Crippen LogP contribution in [0.4, 0.5) is 5.69 Å². The van der Waals surface area contributed by atoms with Crippen molar-refractivity contribution in [3.8, 4) is 5.75 Å². The van der Waals surface area contributed by atoms with Crippen molar-refractivity contribution in [2.45, 2.75) is 39.7 Å². The van der Waals surface area contributed by atoms with Crippen molar-refractivity contribution in [3.05, 3.63) is 59.2 Å². The van der Waals surface area contributed by atoms with Gasteiger partial charge in [0, 0.05) is 13.1 Å². The average Bonchev–Trinajstić information content (AvgIpc) is 3.19. The molecule has 142 valence electrons. The van der Waals surface area contributed by atoms with Crippen LogP contribution in [-0.2, 0) is 4.79 Å². The summed E-state index contributed by atoms with van der Waals surface area (Å²) in [6.45, 7) is 7.17. The van der Waals surface area contributed by atoms with E-state index in [1.165, 1.54) is 0 Å². The molecule has 0 spiro atoms. The van der Waals surface area contributed by atoms with Crippen LogP contribution >= 0.6 is 0 Å². The lowest BCUT2D eigenvalue weighted by Crippen LogP contribution is -2.32. The van der Waals surface area contributed by atoms with Crippen molar-refractivity contribution >= 4 is 17.5 Å². The third kappa shape index (κ3) is 4.30. The molecule has 1 fully saturated rings. The maximum atomic E-state index is 12.7. The van der Waals surface area contributed by atoms with Crippen LogP contribution in [0.1, 0.15) is 41.3 Å². The summed E-state index contributed by atoms with van der Waals surface area (Å²) in [7, 11) is 0. The van der Waals surface area contributed by atoms with Gasteiger partial charge in [0.2, 0.25) is 0 Å². The maximum Gasteiger partial charge on any atom is 0.265 e. The van der Waals surface area contributed by atoms with Crippen molar-refractivity contribution in [3.63, 3.8) is 0 Å². The van der Waals surface area contributed by atoms with Gasteiger partial charge in [-0.05, 0) is 56.9 Å². The van der Waals surface area contributed by atoms with Gasteiger partial charge < -0.3 is 15.0 Å². The molecule has 5 nitrogen and oxygen atoms in total. The van der Waals surface area contributed by atoms with Crippen molar-refractivity contribution < 1.29 is 14.3 Å². The van der Waals surface area contributed by atoms with Gasteiger partial charge in [-0.3, -0.25) is 9.59 Å². The van der Waals surface area contributed by atoms with E-state index in [4.69, 9.17) is 4.74 Å². The van der Waals surface area contributed by atoms with Crippen LogP contribution in [0.5, 0.6) is 5.75 Å². The van der Waals surface area contributed by atoms with Gasteiger partial charge in [-0.2, -0.15) is 0 Å². The van der Waals surface area contributed by atoms with Crippen LogP contribution in [0.25, 0.3) is 0 Å². The molecule has 3 rings (SSSR count). The first-order chi connectivity index (χ1) is 13.0. The Labute approximate surface area is 160 Å². The van der Waals surface area contributed by atoms with Crippen LogP contribution < -0.4 is 10.1 Å². The van der Waals surface area contributed by atoms with Gasteiger partial charge in [0.05, 0.1) is 11.3 Å². The standard InChI is InChI=1S/C22H26N2O3/c1-15-9-8-10-16(2)20(15)27-17(3)21(25)23-19-12-5-4-11-18(19)22(26)24-13-6-7-14-24/h4-5,8-12,17H,6-7,13-14H2,1-3H3,(H,23,25)/t17-/m0/s1. The van der Waals surface area contributed by atoms with E-state index >= 15 is 0 Å². The Morgan fingerprint density at radius 1 is 1.00 bits per heavy atom. The van der Waals surface area contributed by atoms with Gasteiger partial charge in [0.15, 0.2) is 6.10 Å². The molecule has 1 N–H and O–H groups in total. The number of rotatable bonds is 5. The maximum absolute atomic E-state index is 12.7. The number of nitrogens with one attached hydrogen (secondary N) is 1. The molecule has 0 aliphatic carbocycles. The van der Waals surface area contributed by atoms with E-state index in [1.54, 1.807) is 19.1 Å². The molecular weight excluding hydrogens is 340 g/mol. The van der Waals surface area contributed by atoms with Crippen LogP contribution in [0.2, 0.25) is 0 Å². The Morgan fingerprint density at radius 3 is 2.30 bits per heavy atom. The fourth-order valence-corrected chi connectivity index (χ4v) is 3.32. The minimum atomic E-state index is -0.681. The molecule has 1 aliphatic rings. The summed E-state index contributed by atoms with van der Waals surface area (Å²) in [6, 6.07) is 13.0. The highest BCUT2D eigenvalue weighted by molar-refractivity contribution is 6.04. The molecule has 2 aromatic carbocycles. The first kappa shape index (κ1) is 19.0. The average molecular weight is 366 g/mol. The molecule has 1 heterocycles. The van der Waals surface area contributed by atoms with Crippen molar-refractivity contribution in [1.82, 2.24) is 4.90 Å². The summed E-state index contributed by atoms with van der Waals surface area (Å²) < 4.78 is 5.90. The Bertz CT molecular complexity index is 821. The summed E-state index contributed by atoms with van der Waals surface area (Å²) in [6.07, 6.45) is 1.38. The zero-order valence-corrected chi connectivity index (χ0v) is 16.1.